The van der Waals surface area contributed by atoms with Crippen molar-refractivity contribution in [2.45, 2.75) is 13.2 Å². The van der Waals surface area contributed by atoms with Gasteiger partial charge in [-0.3, -0.25) is 4.98 Å². The number of esters is 1. The Morgan fingerprint density at radius 1 is 1.03 bits per heavy atom. The number of ether oxygens (including phenoxy) is 2. The molecule has 0 fully saturated rings. The summed E-state index contributed by atoms with van der Waals surface area (Å²) in [6.07, 6.45) is 3.27. The molecule has 0 aliphatic rings. The van der Waals surface area contributed by atoms with E-state index >= 15 is 0 Å². The van der Waals surface area contributed by atoms with Crippen LogP contribution in [0.4, 0.5) is 8.78 Å². The molecule has 0 atom stereocenters. The van der Waals surface area contributed by atoms with Crippen molar-refractivity contribution in [1.82, 2.24) is 9.97 Å². The summed E-state index contributed by atoms with van der Waals surface area (Å²) in [5.74, 6) is -0.735. The molecule has 0 bridgehead atoms. The summed E-state index contributed by atoms with van der Waals surface area (Å²) in [6.45, 7) is -3.30. The lowest BCUT2D eigenvalue weighted by Gasteiger charge is -2.13. The van der Waals surface area contributed by atoms with E-state index in [0.29, 0.717) is 27.2 Å². The molecule has 0 radical (unpaired) electrons. The number of hydrogen-bond donors (Lipinski definition) is 0. The quantitative estimate of drug-likeness (QED) is 0.349. The highest BCUT2D eigenvalue weighted by molar-refractivity contribution is 6.30. The molecule has 0 aliphatic carbocycles. The molecule has 8 heteroatoms. The summed E-state index contributed by atoms with van der Waals surface area (Å²) >= 11 is 5.96. The van der Waals surface area contributed by atoms with E-state index < -0.39 is 12.6 Å². The van der Waals surface area contributed by atoms with Crippen LogP contribution in [0.25, 0.3) is 22.2 Å². The Morgan fingerprint density at radius 2 is 1.81 bits per heavy atom. The van der Waals surface area contributed by atoms with Crippen molar-refractivity contribution in [3.8, 4) is 17.0 Å². The van der Waals surface area contributed by atoms with Crippen molar-refractivity contribution in [3.63, 3.8) is 0 Å². The van der Waals surface area contributed by atoms with Gasteiger partial charge in [-0.25, -0.2) is 9.78 Å². The molecular formula is C23H15ClF2N2O3. The Bertz CT molecular complexity index is 1240. The van der Waals surface area contributed by atoms with Crippen LogP contribution in [0.3, 0.4) is 0 Å². The summed E-state index contributed by atoms with van der Waals surface area (Å²) in [4.78, 5) is 21.6. The number of alkyl halides is 2. The molecule has 0 unspecified atom stereocenters. The minimum absolute atomic E-state index is 0.107. The minimum Gasteiger partial charge on any atom is -0.457 e. The van der Waals surface area contributed by atoms with Gasteiger partial charge >= 0.3 is 12.6 Å². The van der Waals surface area contributed by atoms with Crippen LogP contribution in [-0.4, -0.2) is 22.5 Å². The molecule has 5 nitrogen and oxygen atoms in total. The van der Waals surface area contributed by atoms with E-state index in [-0.39, 0.29) is 17.9 Å². The second kappa shape index (κ2) is 9.06. The van der Waals surface area contributed by atoms with E-state index in [0.717, 1.165) is 5.56 Å². The molecule has 2 aromatic heterocycles. The summed E-state index contributed by atoms with van der Waals surface area (Å²) in [5, 5.41) is 0.919. The van der Waals surface area contributed by atoms with Gasteiger partial charge in [-0.15, -0.1) is 0 Å². The fourth-order valence-corrected chi connectivity index (χ4v) is 3.30. The highest BCUT2D eigenvalue weighted by atomic mass is 35.5. The molecule has 4 rings (SSSR count). The fourth-order valence-electron chi connectivity index (χ4n) is 3.11. The van der Waals surface area contributed by atoms with Gasteiger partial charge in [0.15, 0.2) is 0 Å². The number of hydrogen-bond acceptors (Lipinski definition) is 5. The normalized spacial score (nSPS) is 11.0. The molecule has 2 heterocycles. The number of pyridine rings is 2. The molecule has 2 aromatic carbocycles. The van der Waals surface area contributed by atoms with E-state index in [1.807, 2.05) is 6.07 Å². The topological polar surface area (TPSA) is 61.3 Å². The van der Waals surface area contributed by atoms with Crippen LogP contribution < -0.4 is 4.74 Å². The Labute approximate surface area is 181 Å². The van der Waals surface area contributed by atoms with Crippen LogP contribution in [-0.2, 0) is 11.3 Å². The average molecular weight is 441 g/mol. The maximum absolute atomic E-state index is 12.9. The molecule has 0 spiro atoms. The lowest BCUT2D eigenvalue weighted by Crippen LogP contribution is -2.09. The van der Waals surface area contributed by atoms with Crippen LogP contribution in [0.2, 0.25) is 5.02 Å². The van der Waals surface area contributed by atoms with E-state index in [4.69, 9.17) is 16.3 Å². The van der Waals surface area contributed by atoms with Crippen LogP contribution in [0.5, 0.6) is 5.75 Å². The van der Waals surface area contributed by atoms with E-state index in [1.165, 1.54) is 18.2 Å². The summed E-state index contributed by atoms with van der Waals surface area (Å²) < 4.78 is 35.3. The van der Waals surface area contributed by atoms with Gasteiger partial charge in [0, 0.05) is 33.9 Å². The number of benzene rings is 2. The van der Waals surface area contributed by atoms with Gasteiger partial charge in [-0.2, -0.15) is 8.78 Å². The van der Waals surface area contributed by atoms with Crippen LogP contribution in [0.1, 0.15) is 15.9 Å². The Kier molecular flexibility index (Phi) is 6.04. The maximum atomic E-state index is 12.9. The van der Waals surface area contributed by atoms with Crippen molar-refractivity contribution in [1.29, 1.82) is 0 Å². The van der Waals surface area contributed by atoms with Crippen molar-refractivity contribution in [2.75, 3.05) is 0 Å². The van der Waals surface area contributed by atoms with Gasteiger partial charge in [-0.1, -0.05) is 29.8 Å². The molecule has 4 aromatic rings. The highest BCUT2D eigenvalue weighted by Crippen LogP contribution is 2.28. The Hall–Kier alpha value is -3.58. The third kappa shape index (κ3) is 4.78. The first kappa shape index (κ1) is 20.7. The van der Waals surface area contributed by atoms with E-state index in [2.05, 4.69) is 14.7 Å². The first-order valence-corrected chi connectivity index (χ1v) is 9.59. The van der Waals surface area contributed by atoms with Crippen LogP contribution in [0.15, 0.2) is 73.1 Å². The van der Waals surface area contributed by atoms with E-state index in [9.17, 15) is 13.6 Å². The van der Waals surface area contributed by atoms with Crippen molar-refractivity contribution in [3.05, 3.63) is 89.2 Å². The molecule has 0 amide bonds. The van der Waals surface area contributed by atoms with E-state index in [1.54, 1.807) is 48.8 Å². The zero-order chi connectivity index (χ0) is 21.8. The number of carbonyl (C=O) groups is 1. The zero-order valence-electron chi connectivity index (χ0n) is 16.0. The number of rotatable bonds is 6. The number of halogens is 3. The first-order chi connectivity index (χ1) is 15.0. The predicted octanol–water partition coefficient (Wildman–Crippen LogP) is 5.91. The second-order valence-electron chi connectivity index (χ2n) is 6.51. The smallest absolute Gasteiger partial charge is 0.387 e. The number of nitrogens with zero attached hydrogens (tertiary/aromatic N) is 2. The molecule has 0 saturated heterocycles. The Morgan fingerprint density at radius 3 is 2.58 bits per heavy atom. The molecule has 0 saturated carbocycles. The molecular weight excluding hydrogens is 426 g/mol. The molecule has 156 valence electrons. The van der Waals surface area contributed by atoms with Gasteiger partial charge < -0.3 is 9.47 Å². The number of para-hydroxylation sites is 1. The predicted molar refractivity (Wildman–Crippen MR) is 112 cm³/mol. The summed E-state index contributed by atoms with van der Waals surface area (Å²) in [6, 6.07) is 16.5. The third-order valence-corrected chi connectivity index (χ3v) is 4.74. The van der Waals surface area contributed by atoms with Crippen LogP contribution >= 0.6 is 11.6 Å². The fraction of sp³-hybridized carbons (Fsp3) is 0.0870. The summed E-state index contributed by atoms with van der Waals surface area (Å²) in [7, 11) is 0. The SMILES string of the molecule is O=C(OCc1cc(Cl)ccc1OC(F)F)c1cc(-c2ccncc2)nc2ccccc12. The van der Waals surface area contributed by atoms with Crippen molar-refractivity contribution < 1.29 is 23.0 Å². The third-order valence-electron chi connectivity index (χ3n) is 4.51. The number of aromatic nitrogens is 2. The maximum Gasteiger partial charge on any atom is 0.387 e. The van der Waals surface area contributed by atoms with Gasteiger partial charge in [0.05, 0.1) is 16.8 Å². The largest absolute Gasteiger partial charge is 0.457 e. The van der Waals surface area contributed by atoms with Crippen LogP contribution in [0, 0.1) is 0 Å². The van der Waals surface area contributed by atoms with Gasteiger partial charge in [0.2, 0.25) is 0 Å². The first-order valence-electron chi connectivity index (χ1n) is 9.22. The standard InChI is InChI=1S/C23H15ClF2N2O3/c24-16-5-6-21(31-23(25)26)15(11-16)13-30-22(29)18-12-20(14-7-9-27-10-8-14)28-19-4-2-1-3-17(18)19/h1-12,23H,13H2. The van der Waals surface area contributed by atoms with Gasteiger partial charge in [0.25, 0.3) is 0 Å². The Balaban J connectivity index is 1.66. The molecule has 31 heavy (non-hydrogen) atoms. The highest BCUT2D eigenvalue weighted by Gasteiger charge is 2.17. The number of carbonyl (C=O) groups excluding carboxylic acids is 1. The number of fused-ring (bicyclic) bond motifs is 1. The zero-order valence-corrected chi connectivity index (χ0v) is 16.7. The van der Waals surface area contributed by atoms with Crippen molar-refractivity contribution >= 4 is 28.5 Å². The van der Waals surface area contributed by atoms with Gasteiger partial charge in [0.1, 0.15) is 12.4 Å². The molecule has 0 aliphatic heterocycles. The molecule has 0 N–H and O–H groups in total. The minimum atomic E-state index is -3.01. The lowest BCUT2D eigenvalue weighted by atomic mass is 10.0. The second-order valence-corrected chi connectivity index (χ2v) is 6.95. The average Bonchev–Trinajstić information content (AvgIpc) is 2.78. The monoisotopic (exact) mass is 440 g/mol. The summed E-state index contributed by atoms with van der Waals surface area (Å²) in [5.41, 5.74) is 2.52. The lowest BCUT2D eigenvalue weighted by molar-refractivity contribution is -0.0510. The van der Waals surface area contributed by atoms with Crippen molar-refractivity contribution in [2.24, 2.45) is 0 Å². The van der Waals surface area contributed by atoms with Gasteiger partial charge in [-0.05, 0) is 42.5 Å².